The SMILES string of the molecule is COc1cncc(C(NN)c2ccc(Cl)s2)c1. The maximum Gasteiger partial charge on any atom is 0.137 e. The van der Waals surface area contributed by atoms with Crippen molar-refractivity contribution in [2.75, 3.05) is 7.11 Å². The molecule has 0 aromatic carbocycles. The molecule has 0 radical (unpaired) electrons. The van der Waals surface area contributed by atoms with Crippen LogP contribution in [0, 0.1) is 0 Å². The molecule has 4 nitrogen and oxygen atoms in total. The molecule has 17 heavy (non-hydrogen) atoms. The molecule has 0 saturated carbocycles. The van der Waals surface area contributed by atoms with Crippen molar-refractivity contribution in [3.8, 4) is 5.75 Å². The molecule has 0 aliphatic rings. The van der Waals surface area contributed by atoms with Gasteiger partial charge in [-0.2, -0.15) is 0 Å². The van der Waals surface area contributed by atoms with Crippen molar-refractivity contribution in [2.24, 2.45) is 5.84 Å². The van der Waals surface area contributed by atoms with E-state index in [1.165, 1.54) is 11.3 Å². The van der Waals surface area contributed by atoms with Gasteiger partial charge < -0.3 is 4.74 Å². The molecule has 0 fully saturated rings. The first-order valence-corrected chi connectivity index (χ1v) is 6.14. The minimum atomic E-state index is -0.130. The summed E-state index contributed by atoms with van der Waals surface area (Å²) in [4.78, 5) is 5.14. The highest BCUT2D eigenvalue weighted by molar-refractivity contribution is 7.16. The van der Waals surface area contributed by atoms with Crippen molar-refractivity contribution in [3.63, 3.8) is 0 Å². The number of methoxy groups -OCH3 is 1. The van der Waals surface area contributed by atoms with E-state index < -0.39 is 0 Å². The summed E-state index contributed by atoms with van der Waals surface area (Å²) in [5.41, 5.74) is 3.69. The number of ether oxygens (including phenoxy) is 1. The Morgan fingerprint density at radius 1 is 1.47 bits per heavy atom. The van der Waals surface area contributed by atoms with Crippen molar-refractivity contribution in [1.82, 2.24) is 10.4 Å². The fraction of sp³-hybridized carbons (Fsp3) is 0.182. The number of hydrazine groups is 1. The number of hydrogen-bond acceptors (Lipinski definition) is 5. The maximum atomic E-state index is 5.92. The zero-order valence-electron chi connectivity index (χ0n) is 9.18. The molecule has 0 amide bonds. The van der Waals surface area contributed by atoms with E-state index in [-0.39, 0.29) is 6.04 Å². The van der Waals surface area contributed by atoms with Gasteiger partial charge >= 0.3 is 0 Å². The quantitative estimate of drug-likeness (QED) is 0.661. The average Bonchev–Trinajstić information content (AvgIpc) is 2.77. The summed E-state index contributed by atoms with van der Waals surface area (Å²) in [6, 6.07) is 5.55. The van der Waals surface area contributed by atoms with Crippen LogP contribution in [0.25, 0.3) is 0 Å². The molecular weight excluding hydrogens is 258 g/mol. The van der Waals surface area contributed by atoms with E-state index in [9.17, 15) is 0 Å². The van der Waals surface area contributed by atoms with Gasteiger partial charge in [0.25, 0.3) is 0 Å². The monoisotopic (exact) mass is 269 g/mol. The van der Waals surface area contributed by atoms with Crippen LogP contribution in [0.4, 0.5) is 0 Å². The molecule has 2 rings (SSSR count). The summed E-state index contributed by atoms with van der Waals surface area (Å²) in [7, 11) is 1.60. The molecule has 3 N–H and O–H groups in total. The third-order valence-electron chi connectivity index (χ3n) is 2.35. The molecule has 2 aromatic rings. The highest BCUT2D eigenvalue weighted by Gasteiger charge is 2.15. The van der Waals surface area contributed by atoms with Crippen LogP contribution in [0.2, 0.25) is 4.34 Å². The molecule has 0 aliphatic carbocycles. The second-order valence-electron chi connectivity index (χ2n) is 3.40. The predicted octanol–water partition coefficient (Wildman–Crippen LogP) is 2.36. The summed E-state index contributed by atoms with van der Waals surface area (Å²) < 4.78 is 5.87. The van der Waals surface area contributed by atoms with Crippen molar-refractivity contribution in [2.45, 2.75) is 6.04 Å². The Hall–Kier alpha value is -1.14. The lowest BCUT2D eigenvalue weighted by Gasteiger charge is -2.14. The third kappa shape index (κ3) is 2.76. The van der Waals surface area contributed by atoms with E-state index in [4.69, 9.17) is 22.2 Å². The number of nitrogens with two attached hydrogens (primary N) is 1. The second-order valence-corrected chi connectivity index (χ2v) is 5.15. The van der Waals surface area contributed by atoms with Crippen LogP contribution in [-0.2, 0) is 0 Å². The first kappa shape index (κ1) is 12.3. The number of nitrogens with zero attached hydrogens (tertiary/aromatic N) is 1. The number of thiophene rings is 1. The van der Waals surface area contributed by atoms with E-state index in [2.05, 4.69) is 10.4 Å². The summed E-state index contributed by atoms with van der Waals surface area (Å²) in [6.45, 7) is 0. The largest absolute Gasteiger partial charge is 0.495 e. The summed E-state index contributed by atoms with van der Waals surface area (Å²) in [5, 5.41) is 0. The van der Waals surface area contributed by atoms with Crippen molar-refractivity contribution < 1.29 is 4.74 Å². The molecule has 1 atom stereocenters. The number of halogens is 1. The topological polar surface area (TPSA) is 60.2 Å². The minimum Gasteiger partial charge on any atom is -0.495 e. The molecule has 2 heterocycles. The van der Waals surface area contributed by atoms with Gasteiger partial charge in [-0.1, -0.05) is 11.6 Å². The zero-order valence-corrected chi connectivity index (χ0v) is 10.8. The molecule has 90 valence electrons. The van der Waals surface area contributed by atoms with E-state index in [1.807, 2.05) is 18.2 Å². The van der Waals surface area contributed by atoms with Crippen LogP contribution in [0.1, 0.15) is 16.5 Å². The number of aromatic nitrogens is 1. The first-order chi connectivity index (χ1) is 8.24. The molecule has 0 saturated heterocycles. The molecule has 1 unspecified atom stereocenters. The lowest BCUT2D eigenvalue weighted by molar-refractivity contribution is 0.411. The highest BCUT2D eigenvalue weighted by Crippen LogP contribution is 2.31. The number of nitrogens with one attached hydrogen (secondary N) is 1. The fourth-order valence-corrected chi connectivity index (χ4v) is 2.68. The van der Waals surface area contributed by atoms with Crippen molar-refractivity contribution in [1.29, 1.82) is 0 Å². The van der Waals surface area contributed by atoms with Crippen LogP contribution >= 0.6 is 22.9 Å². The standard InChI is InChI=1S/C11H12ClN3OS/c1-16-8-4-7(5-14-6-8)11(15-13)9-2-3-10(12)17-9/h2-6,11,15H,13H2,1H3. The second kappa shape index (κ2) is 5.46. The van der Waals surface area contributed by atoms with Gasteiger partial charge in [-0.05, 0) is 23.8 Å². The van der Waals surface area contributed by atoms with Gasteiger partial charge in [0, 0.05) is 11.1 Å². The van der Waals surface area contributed by atoms with Gasteiger partial charge in [0.2, 0.25) is 0 Å². The van der Waals surface area contributed by atoms with Gasteiger partial charge in [0.1, 0.15) is 5.75 Å². The fourth-order valence-electron chi connectivity index (χ4n) is 1.53. The zero-order chi connectivity index (χ0) is 12.3. The number of hydrogen-bond donors (Lipinski definition) is 2. The Morgan fingerprint density at radius 3 is 2.88 bits per heavy atom. The van der Waals surface area contributed by atoms with Gasteiger partial charge in [0.05, 0.1) is 23.7 Å². The third-order valence-corrected chi connectivity index (χ3v) is 3.64. The Bertz CT molecular complexity index is 503. The average molecular weight is 270 g/mol. The molecule has 0 aliphatic heterocycles. The van der Waals surface area contributed by atoms with E-state index in [0.717, 1.165) is 14.8 Å². The Morgan fingerprint density at radius 2 is 2.29 bits per heavy atom. The Labute approximate surface area is 108 Å². The van der Waals surface area contributed by atoms with Crippen LogP contribution in [-0.4, -0.2) is 12.1 Å². The smallest absolute Gasteiger partial charge is 0.137 e. The summed E-state index contributed by atoms with van der Waals surface area (Å²) in [6.07, 6.45) is 3.40. The molecule has 0 spiro atoms. The highest BCUT2D eigenvalue weighted by atomic mass is 35.5. The van der Waals surface area contributed by atoms with Gasteiger partial charge in [-0.15, -0.1) is 11.3 Å². The van der Waals surface area contributed by atoms with Crippen LogP contribution in [0.3, 0.4) is 0 Å². The van der Waals surface area contributed by atoms with Crippen LogP contribution < -0.4 is 16.0 Å². The molecule has 6 heteroatoms. The van der Waals surface area contributed by atoms with Gasteiger partial charge in [0.15, 0.2) is 0 Å². The lowest BCUT2D eigenvalue weighted by atomic mass is 10.1. The van der Waals surface area contributed by atoms with E-state index >= 15 is 0 Å². The van der Waals surface area contributed by atoms with Crippen LogP contribution in [0.15, 0.2) is 30.6 Å². The number of rotatable bonds is 4. The summed E-state index contributed by atoms with van der Waals surface area (Å²) in [5.74, 6) is 6.28. The van der Waals surface area contributed by atoms with Crippen molar-refractivity contribution in [3.05, 3.63) is 45.4 Å². The van der Waals surface area contributed by atoms with E-state index in [0.29, 0.717) is 5.75 Å². The Balaban J connectivity index is 2.34. The number of pyridine rings is 1. The minimum absolute atomic E-state index is 0.130. The maximum absolute atomic E-state index is 5.92. The van der Waals surface area contributed by atoms with Crippen LogP contribution in [0.5, 0.6) is 5.75 Å². The van der Waals surface area contributed by atoms with Gasteiger partial charge in [-0.3, -0.25) is 10.8 Å². The van der Waals surface area contributed by atoms with E-state index in [1.54, 1.807) is 19.5 Å². The van der Waals surface area contributed by atoms with Gasteiger partial charge in [-0.25, -0.2) is 5.43 Å². The molecule has 0 bridgehead atoms. The normalized spacial score (nSPS) is 12.4. The molecular formula is C11H12ClN3OS. The first-order valence-electron chi connectivity index (χ1n) is 4.95. The van der Waals surface area contributed by atoms with Crippen molar-refractivity contribution >= 4 is 22.9 Å². The predicted molar refractivity (Wildman–Crippen MR) is 69.3 cm³/mol. The molecule has 2 aromatic heterocycles. The Kier molecular flexibility index (Phi) is 3.96. The lowest BCUT2D eigenvalue weighted by Crippen LogP contribution is -2.28. The summed E-state index contributed by atoms with van der Waals surface area (Å²) >= 11 is 7.40.